The Balaban J connectivity index is 0.000000527. The molecule has 2 aromatic rings. The normalized spacial score (nSPS) is 13.5. The Morgan fingerprint density at radius 3 is 2.34 bits per heavy atom. The molecule has 0 radical (unpaired) electrons. The summed E-state index contributed by atoms with van der Waals surface area (Å²) in [5, 5.41) is 0. The maximum absolute atomic E-state index is 8.00. The molecule has 0 amide bonds. The molecule has 2 heterocycles. The van der Waals surface area contributed by atoms with Gasteiger partial charge in [0.2, 0.25) is 0 Å². The third-order valence-corrected chi connectivity index (χ3v) is 5.47. The van der Waals surface area contributed by atoms with Crippen LogP contribution in [-0.4, -0.2) is 16.8 Å². The van der Waals surface area contributed by atoms with Crippen molar-refractivity contribution in [3.8, 4) is 11.3 Å². The van der Waals surface area contributed by atoms with Crippen LogP contribution in [0.15, 0.2) is 37.2 Å². The molecule has 0 atom stereocenters. The number of carbonyl (C=O) groups excluding carboxylic acids is 1. The minimum atomic E-state index is 0.820. The molecule has 0 saturated heterocycles. The molecule has 0 aliphatic heterocycles. The van der Waals surface area contributed by atoms with Crippen molar-refractivity contribution in [2.45, 2.75) is 78.6 Å². The Hall–Kier alpha value is -2.29. The molecule has 1 aliphatic carbocycles. The molecule has 3 nitrogen and oxygen atoms in total. The minimum absolute atomic E-state index is 0.820. The fourth-order valence-electron chi connectivity index (χ4n) is 3.82. The summed E-state index contributed by atoms with van der Waals surface area (Å²) in [5.74, 6) is 0.820. The Labute approximate surface area is 177 Å². The van der Waals surface area contributed by atoms with Gasteiger partial charge in [-0.15, -0.1) is 0 Å². The number of hydrogen-bond donors (Lipinski definition) is 0. The molecule has 0 spiro atoms. The van der Waals surface area contributed by atoms with Crippen molar-refractivity contribution < 1.29 is 4.79 Å². The van der Waals surface area contributed by atoms with Gasteiger partial charge in [-0.3, -0.25) is 9.97 Å². The lowest BCUT2D eigenvalue weighted by Crippen LogP contribution is -2.10. The number of pyridine rings is 2. The first-order chi connectivity index (χ1) is 14.2. The summed E-state index contributed by atoms with van der Waals surface area (Å²) >= 11 is 0. The summed E-state index contributed by atoms with van der Waals surface area (Å²) in [4.78, 5) is 17.1. The summed E-state index contributed by atoms with van der Waals surface area (Å²) in [6.45, 7) is 12.5. The van der Waals surface area contributed by atoms with Crippen molar-refractivity contribution in [3.63, 3.8) is 0 Å². The number of aromatic nitrogens is 2. The lowest BCUT2D eigenvalue weighted by atomic mass is 9.84. The van der Waals surface area contributed by atoms with E-state index in [0.29, 0.717) is 0 Å². The van der Waals surface area contributed by atoms with Crippen LogP contribution < -0.4 is 0 Å². The summed E-state index contributed by atoms with van der Waals surface area (Å²) in [7, 11) is 0. The Bertz CT molecular complexity index is 718. The van der Waals surface area contributed by atoms with E-state index in [1.165, 1.54) is 62.5 Å². The highest BCUT2D eigenvalue weighted by Crippen LogP contribution is 2.29. The smallest absolute Gasteiger partial charge is 0.106 e. The summed E-state index contributed by atoms with van der Waals surface area (Å²) in [6.07, 6.45) is 18.0. The molecule has 0 aromatic carbocycles. The highest BCUT2D eigenvalue weighted by atomic mass is 16.1. The Morgan fingerprint density at radius 2 is 1.79 bits per heavy atom. The van der Waals surface area contributed by atoms with Crippen LogP contribution in [-0.2, 0) is 11.2 Å². The van der Waals surface area contributed by atoms with E-state index in [1.807, 2.05) is 38.2 Å². The SMILES string of the molecule is C=Cc1cc(-c2cccnc2C)ncc1CC1CCCCC1.C=O.CCCCC. The first-order valence-corrected chi connectivity index (χ1v) is 11.0. The fourth-order valence-corrected chi connectivity index (χ4v) is 3.82. The topological polar surface area (TPSA) is 42.9 Å². The number of nitrogens with zero attached hydrogens (tertiary/aromatic N) is 2. The molecule has 1 aliphatic rings. The van der Waals surface area contributed by atoms with E-state index in [-0.39, 0.29) is 0 Å². The van der Waals surface area contributed by atoms with E-state index in [4.69, 9.17) is 9.78 Å². The molecule has 2 aromatic heterocycles. The van der Waals surface area contributed by atoms with Crippen molar-refractivity contribution >= 4 is 12.9 Å². The van der Waals surface area contributed by atoms with Crippen LogP contribution in [0.2, 0.25) is 0 Å². The van der Waals surface area contributed by atoms with Crippen molar-refractivity contribution in [2.24, 2.45) is 5.92 Å². The summed E-state index contributed by atoms with van der Waals surface area (Å²) in [6, 6.07) is 6.21. The van der Waals surface area contributed by atoms with Crippen LogP contribution in [0.5, 0.6) is 0 Å². The Morgan fingerprint density at radius 1 is 1.10 bits per heavy atom. The maximum Gasteiger partial charge on any atom is 0.106 e. The van der Waals surface area contributed by atoms with Gasteiger partial charge in [0.15, 0.2) is 0 Å². The zero-order valence-corrected chi connectivity index (χ0v) is 18.6. The largest absolute Gasteiger partial charge is 0.307 e. The van der Waals surface area contributed by atoms with Gasteiger partial charge in [-0.1, -0.05) is 77.9 Å². The van der Waals surface area contributed by atoms with E-state index >= 15 is 0 Å². The maximum atomic E-state index is 8.00. The number of hydrogen-bond acceptors (Lipinski definition) is 3. The van der Waals surface area contributed by atoms with E-state index in [0.717, 1.165) is 29.3 Å². The average Bonchev–Trinajstić information content (AvgIpc) is 2.78. The molecule has 1 fully saturated rings. The van der Waals surface area contributed by atoms with Gasteiger partial charge >= 0.3 is 0 Å². The van der Waals surface area contributed by atoms with Crippen LogP contribution >= 0.6 is 0 Å². The second-order valence-electron chi connectivity index (χ2n) is 7.67. The van der Waals surface area contributed by atoms with E-state index in [9.17, 15) is 0 Å². The monoisotopic (exact) mass is 394 g/mol. The molecular weight excluding hydrogens is 356 g/mol. The van der Waals surface area contributed by atoms with Crippen molar-refractivity contribution in [3.05, 3.63) is 54.0 Å². The first kappa shape index (κ1) is 24.7. The predicted molar refractivity (Wildman–Crippen MR) is 125 cm³/mol. The van der Waals surface area contributed by atoms with Crippen molar-refractivity contribution in [2.75, 3.05) is 0 Å². The van der Waals surface area contributed by atoms with Crippen LogP contribution in [0.1, 0.15) is 82.0 Å². The van der Waals surface area contributed by atoms with Gasteiger partial charge in [0, 0.05) is 23.7 Å². The molecule has 0 bridgehead atoms. The summed E-state index contributed by atoms with van der Waals surface area (Å²) in [5.41, 5.74) is 5.68. The molecule has 1 saturated carbocycles. The highest BCUT2D eigenvalue weighted by Gasteiger charge is 2.16. The van der Waals surface area contributed by atoms with Gasteiger partial charge in [-0.05, 0) is 48.6 Å². The lowest BCUT2D eigenvalue weighted by molar-refractivity contribution is -0.0979. The molecular formula is C26H38N2O. The molecule has 0 unspecified atom stereocenters. The van der Waals surface area contributed by atoms with Crippen molar-refractivity contribution in [1.82, 2.24) is 9.97 Å². The number of unbranched alkanes of at least 4 members (excludes halogenated alkanes) is 2. The molecule has 158 valence electrons. The second kappa shape index (κ2) is 14.7. The fraction of sp³-hybridized carbons (Fsp3) is 0.500. The number of carbonyl (C=O) groups is 1. The molecule has 0 N–H and O–H groups in total. The molecule has 3 heteroatoms. The summed E-state index contributed by atoms with van der Waals surface area (Å²) < 4.78 is 0. The number of aryl methyl sites for hydroxylation is 1. The lowest BCUT2D eigenvalue weighted by Gasteiger charge is -2.22. The molecule has 3 rings (SSSR count). The van der Waals surface area contributed by atoms with Crippen LogP contribution in [0.25, 0.3) is 17.3 Å². The number of rotatable bonds is 6. The van der Waals surface area contributed by atoms with Crippen LogP contribution in [0.4, 0.5) is 0 Å². The average molecular weight is 395 g/mol. The zero-order chi connectivity index (χ0) is 21.5. The van der Waals surface area contributed by atoms with E-state index in [1.54, 1.807) is 0 Å². The van der Waals surface area contributed by atoms with Gasteiger partial charge in [0.05, 0.1) is 5.69 Å². The third kappa shape index (κ3) is 8.31. The van der Waals surface area contributed by atoms with Gasteiger partial charge < -0.3 is 4.79 Å². The quantitative estimate of drug-likeness (QED) is 0.519. The minimum Gasteiger partial charge on any atom is -0.307 e. The van der Waals surface area contributed by atoms with Gasteiger partial charge in [0.1, 0.15) is 6.79 Å². The van der Waals surface area contributed by atoms with E-state index in [2.05, 4.69) is 37.5 Å². The van der Waals surface area contributed by atoms with Gasteiger partial charge in [-0.25, -0.2) is 0 Å². The Kier molecular flexibility index (Phi) is 12.5. The zero-order valence-electron chi connectivity index (χ0n) is 18.6. The van der Waals surface area contributed by atoms with Gasteiger partial charge in [-0.2, -0.15) is 0 Å². The van der Waals surface area contributed by atoms with Gasteiger partial charge in [0.25, 0.3) is 0 Å². The van der Waals surface area contributed by atoms with Crippen LogP contribution in [0.3, 0.4) is 0 Å². The first-order valence-electron chi connectivity index (χ1n) is 11.0. The second-order valence-corrected chi connectivity index (χ2v) is 7.67. The highest BCUT2D eigenvalue weighted by molar-refractivity contribution is 5.66. The predicted octanol–water partition coefficient (Wildman–Crippen LogP) is 7.23. The molecule has 29 heavy (non-hydrogen) atoms. The standard InChI is InChI=1S/C20H24N2.C5H12.CH2O/c1-3-17-13-20(19-10-7-11-21-15(19)2)22-14-18(17)12-16-8-5-4-6-9-16;1-3-5-4-2;1-2/h3,7,10-11,13-14,16H,1,4-6,8-9,12H2,2H3;3-5H2,1-2H3;1H2. The third-order valence-electron chi connectivity index (χ3n) is 5.47. The van der Waals surface area contributed by atoms with E-state index < -0.39 is 0 Å². The van der Waals surface area contributed by atoms with Crippen molar-refractivity contribution in [1.29, 1.82) is 0 Å². The van der Waals surface area contributed by atoms with Crippen LogP contribution in [0, 0.1) is 12.8 Å².